The molecule has 2 rings (SSSR count). The highest BCUT2D eigenvalue weighted by Gasteiger charge is 2.26. The standard InChI is InChI=1S/C15H19ClN4O5/c1-2-25-15(22)19-7-5-18(6-8-19)10-14(21)17-11-3-4-12(16)13(9-11)20(23)24/h3-4,9H,2,5-8,10H2,1H3,(H,17,21)/p+1. The molecule has 1 saturated heterocycles. The maximum absolute atomic E-state index is 12.1. The fraction of sp³-hybridized carbons (Fsp3) is 0.467. The number of carbonyl (C=O) groups excluding carboxylic acids is 2. The normalized spacial score (nSPS) is 14.9. The first kappa shape index (κ1) is 18.9. The molecule has 1 aromatic rings. The largest absolute Gasteiger partial charge is 0.450 e. The third-order valence-corrected chi connectivity index (χ3v) is 4.15. The first-order valence-electron chi connectivity index (χ1n) is 7.89. The molecule has 0 atom stereocenters. The number of amides is 2. The number of carbonyl (C=O) groups is 2. The van der Waals surface area contributed by atoms with Gasteiger partial charge in [0.15, 0.2) is 6.54 Å². The number of anilines is 1. The Hall–Kier alpha value is -2.39. The zero-order valence-corrected chi connectivity index (χ0v) is 14.5. The number of rotatable bonds is 5. The molecule has 0 radical (unpaired) electrons. The number of piperazine rings is 1. The minimum atomic E-state index is -0.599. The number of ether oxygens (including phenoxy) is 1. The number of nitrogens with one attached hydrogen (secondary N) is 2. The van der Waals surface area contributed by atoms with Crippen molar-refractivity contribution < 1.29 is 24.1 Å². The van der Waals surface area contributed by atoms with Crippen LogP contribution in [-0.4, -0.2) is 61.2 Å². The molecule has 0 aliphatic carbocycles. The molecule has 1 heterocycles. The topological polar surface area (TPSA) is 106 Å². The van der Waals surface area contributed by atoms with Gasteiger partial charge in [-0.05, 0) is 19.1 Å². The van der Waals surface area contributed by atoms with Crippen molar-refractivity contribution in [2.45, 2.75) is 6.92 Å². The zero-order valence-electron chi connectivity index (χ0n) is 13.8. The van der Waals surface area contributed by atoms with E-state index in [1.165, 1.54) is 18.2 Å². The summed E-state index contributed by atoms with van der Waals surface area (Å²) in [6, 6.07) is 4.12. The number of nitrogens with zero attached hydrogens (tertiary/aromatic N) is 2. The summed E-state index contributed by atoms with van der Waals surface area (Å²) >= 11 is 5.74. The van der Waals surface area contributed by atoms with Gasteiger partial charge in [-0.25, -0.2) is 4.79 Å². The molecule has 10 heteroatoms. The van der Waals surface area contributed by atoms with Crippen LogP contribution in [0.2, 0.25) is 5.02 Å². The Kier molecular flexibility index (Phi) is 6.54. The van der Waals surface area contributed by atoms with Crippen LogP contribution in [0.25, 0.3) is 0 Å². The van der Waals surface area contributed by atoms with Gasteiger partial charge in [-0.2, -0.15) is 0 Å². The molecule has 0 bridgehead atoms. The van der Waals surface area contributed by atoms with Crippen LogP contribution < -0.4 is 10.2 Å². The van der Waals surface area contributed by atoms with Crippen molar-refractivity contribution in [1.82, 2.24) is 4.90 Å². The molecule has 0 aromatic heterocycles. The number of quaternary nitrogens is 1. The van der Waals surface area contributed by atoms with Crippen molar-refractivity contribution in [3.8, 4) is 0 Å². The van der Waals surface area contributed by atoms with E-state index in [0.717, 1.165) is 4.90 Å². The number of hydrogen-bond donors (Lipinski definition) is 2. The number of nitro benzene ring substituents is 1. The van der Waals surface area contributed by atoms with Crippen molar-refractivity contribution in [3.63, 3.8) is 0 Å². The Morgan fingerprint density at radius 1 is 1.40 bits per heavy atom. The molecule has 1 aliphatic rings. The lowest BCUT2D eigenvalue weighted by Crippen LogP contribution is -3.15. The van der Waals surface area contributed by atoms with Gasteiger partial charge >= 0.3 is 6.09 Å². The summed E-state index contributed by atoms with van der Waals surface area (Å²) in [5, 5.41) is 13.5. The van der Waals surface area contributed by atoms with E-state index in [9.17, 15) is 19.7 Å². The van der Waals surface area contributed by atoms with E-state index in [-0.39, 0.29) is 29.3 Å². The minimum absolute atomic E-state index is 0.0173. The summed E-state index contributed by atoms with van der Waals surface area (Å²) in [6.07, 6.45) is -0.334. The van der Waals surface area contributed by atoms with Gasteiger partial charge in [0.2, 0.25) is 0 Å². The highest BCUT2D eigenvalue weighted by atomic mass is 35.5. The van der Waals surface area contributed by atoms with Crippen LogP contribution in [0.1, 0.15) is 6.92 Å². The fourth-order valence-corrected chi connectivity index (χ4v) is 2.75. The van der Waals surface area contributed by atoms with E-state index in [4.69, 9.17) is 16.3 Å². The third-order valence-electron chi connectivity index (χ3n) is 3.83. The van der Waals surface area contributed by atoms with Gasteiger partial charge < -0.3 is 15.0 Å². The van der Waals surface area contributed by atoms with E-state index >= 15 is 0 Å². The SMILES string of the molecule is CCOC(=O)N1CC[NH+](CC(=O)Nc2ccc(Cl)c([N+](=O)[O-])c2)CC1. The fourth-order valence-electron chi connectivity index (χ4n) is 2.56. The number of halogens is 1. The number of nitro groups is 1. The van der Waals surface area contributed by atoms with Gasteiger partial charge in [0.05, 0.1) is 37.7 Å². The van der Waals surface area contributed by atoms with Gasteiger partial charge in [-0.15, -0.1) is 0 Å². The molecule has 0 unspecified atom stereocenters. The Morgan fingerprint density at radius 3 is 2.68 bits per heavy atom. The second-order valence-corrected chi connectivity index (χ2v) is 5.99. The number of benzene rings is 1. The minimum Gasteiger partial charge on any atom is -0.450 e. The Morgan fingerprint density at radius 2 is 2.08 bits per heavy atom. The Balaban J connectivity index is 1.84. The van der Waals surface area contributed by atoms with Gasteiger partial charge in [0, 0.05) is 11.8 Å². The third kappa shape index (κ3) is 5.30. The first-order valence-corrected chi connectivity index (χ1v) is 8.27. The molecule has 25 heavy (non-hydrogen) atoms. The average Bonchev–Trinajstić information content (AvgIpc) is 2.57. The summed E-state index contributed by atoms with van der Waals surface area (Å²) < 4.78 is 4.95. The quantitative estimate of drug-likeness (QED) is 0.580. The van der Waals surface area contributed by atoms with Gasteiger partial charge in [0.25, 0.3) is 11.6 Å². The maximum Gasteiger partial charge on any atom is 0.410 e. The molecule has 0 saturated carbocycles. The summed E-state index contributed by atoms with van der Waals surface area (Å²) in [5.74, 6) is -0.254. The van der Waals surface area contributed by atoms with Crippen LogP contribution >= 0.6 is 11.6 Å². The summed E-state index contributed by atoms with van der Waals surface area (Å²) in [4.78, 5) is 36.7. The maximum atomic E-state index is 12.1. The predicted octanol–water partition coefficient (Wildman–Crippen LogP) is 0.544. The van der Waals surface area contributed by atoms with Crippen LogP contribution in [0.3, 0.4) is 0 Å². The van der Waals surface area contributed by atoms with E-state index in [1.54, 1.807) is 11.8 Å². The lowest BCUT2D eigenvalue weighted by Gasteiger charge is -2.31. The first-order chi connectivity index (χ1) is 11.9. The summed E-state index contributed by atoms with van der Waals surface area (Å²) in [5.41, 5.74) is 0.0699. The predicted molar refractivity (Wildman–Crippen MR) is 90.9 cm³/mol. The lowest BCUT2D eigenvalue weighted by molar-refractivity contribution is -0.895. The zero-order chi connectivity index (χ0) is 18.4. The molecular formula is C15H20ClN4O5+. The van der Waals surface area contributed by atoms with Crippen molar-refractivity contribution in [2.75, 3.05) is 44.6 Å². The van der Waals surface area contributed by atoms with Crippen molar-refractivity contribution in [2.24, 2.45) is 0 Å². The monoisotopic (exact) mass is 371 g/mol. The summed E-state index contributed by atoms with van der Waals surface area (Å²) in [6.45, 7) is 4.61. The van der Waals surface area contributed by atoms with Gasteiger partial charge in [0.1, 0.15) is 5.02 Å². The molecule has 9 nitrogen and oxygen atoms in total. The van der Waals surface area contributed by atoms with Gasteiger partial charge in [-0.3, -0.25) is 19.8 Å². The Bertz CT molecular complexity index is 661. The average molecular weight is 372 g/mol. The molecule has 136 valence electrons. The van der Waals surface area contributed by atoms with E-state index in [2.05, 4.69) is 5.32 Å². The van der Waals surface area contributed by atoms with Crippen molar-refractivity contribution in [1.29, 1.82) is 0 Å². The van der Waals surface area contributed by atoms with Crippen molar-refractivity contribution in [3.05, 3.63) is 33.3 Å². The van der Waals surface area contributed by atoms with Crippen LogP contribution in [0, 0.1) is 10.1 Å². The summed E-state index contributed by atoms with van der Waals surface area (Å²) in [7, 11) is 0. The second-order valence-electron chi connectivity index (χ2n) is 5.58. The molecule has 2 amide bonds. The lowest BCUT2D eigenvalue weighted by atomic mass is 10.2. The highest BCUT2D eigenvalue weighted by Crippen LogP contribution is 2.27. The van der Waals surface area contributed by atoms with Gasteiger partial charge in [-0.1, -0.05) is 11.6 Å². The molecule has 1 fully saturated rings. The molecular weight excluding hydrogens is 352 g/mol. The smallest absolute Gasteiger partial charge is 0.410 e. The molecule has 2 N–H and O–H groups in total. The molecule has 1 aromatic carbocycles. The second kappa shape index (κ2) is 8.63. The van der Waals surface area contributed by atoms with E-state index in [0.29, 0.717) is 38.5 Å². The number of hydrogen-bond acceptors (Lipinski definition) is 5. The molecule has 1 aliphatic heterocycles. The Labute approximate surface area is 149 Å². The molecule has 0 spiro atoms. The van der Waals surface area contributed by atoms with Crippen molar-refractivity contribution >= 4 is 35.0 Å². The van der Waals surface area contributed by atoms with Crippen LogP contribution in [-0.2, 0) is 9.53 Å². The highest BCUT2D eigenvalue weighted by molar-refractivity contribution is 6.32. The van der Waals surface area contributed by atoms with Crippen LogP contribution in [0.5, 0.6) is 0 Å². The van der Waals surface area contributed by atoms with E-state index in [1.807, 2.05) is 0 Å². The van der Waals surface area contributed by atoms with Crippen LogP contribution in [0.4, 0.5) is 16.2 Å². The van der Waals surface area contributed by atoms with E-state index < -0.39 is 4.92 Å². The van der Waals surface area contributed by atoms with Crippen LogP contribution in [0.15, 0.2) is 18.2 Å².